The molecule has 136 valence electrons. The van der Waals surface area contributed by atoms with Crippen LogP contribution in [0, 0.1) is 19.3 Å². The van der Waals surface area contributed by atoms with Crippen molar-refractivity contribution in [3.8, 4) is 10.6 Å². The molecule has 3 rings (SSSR count). The van der Waals surface area contributed by atoms with E-state index in [2.05, 4.69) is 36.1 Å². The van der Waals surface area contributed by atoms with Crippen molar-refractivity contribution in [2.75, 3.05) is 0 Å². The van der Waals surface area contributed by atoms with Gasteiger partial charge in [-0.1, -0.05) is 20.8 Å². The van der Waals surface area contributed by atoms with E-state index in [1.807, 2.05) is 26.0 Å². The fraction of sp³-hybridized carbons (Fsp3) is 0.400. The van der Waals surface area contributed by atoms with Crippen LogP contribution in [-0.2, 0) is 6.42 Å². The highest BCUT2D eigenvalue weighted by Crippen LogP contribution is 2.31. The molecule has 0 aliphatic rings. The molecule has 0 spiro atoms. The van der Waals surface area contributed by atoms with Crippen LogP contribution in [0.5, 0.6) is 0 Å². The highest BCUT2D eigenvalue weighted by molar-refractivity contribution is 7.15. The smallest absolute Gasteiger partial charge is 0.164 e. The zero-order valence-corrected chi connectivity index (χ0v) is 17.4. The Bertz CT molecular complexity index is 917. The van der Waals surface area contributed by atoms with E-state index in [4.69, 9.17) is 4.98 Å². The summed E-state index contributed by atoms with van der Waals surface area (Å²) in [6.45, 7) is 10.2. The molecule has 0 radical (unpaired) electrons. The maximum absolute atomic E-state index is 12.3. The fourth-order valence-electron chi connectivity index (χ4n) is 2.70. The van der Waals surface area contributed by atoms with Gasteiger partial charge in [0.2, 0.25) is 0 Å². The Morgan fingerprint density at radius 3 is 2.50 bits per heavy atom. The van der Waals surface area contributed by atoms with Gasteiger partial charge in [0, 0.05) is 35.7 Å². The first-order valence-corrected chi connectivity index (χ1v) is 10.3. The van der Waals surface area contributed by atoms with Crippen LogP contribution in [0.25, 0.3) is 10.6 Å². The third kappa shape index (κ3) is 4.62. The third-order valence-corrected chi connectivity index (χ3v) is 5.80. The van der Waals surface area contributed by atoms with E-state index < -0.39 is 0 Å². The predicted octanol–water partition coefficient (Wildman–Crippen LogP) is 5.49. The van der Waals surface area contributed by atoms with Gasteiger partial charge in [-0.05, 0) is 31.4 Å². The number of nitrogens with zero attached hydrogens (tertiary/aromatic N) is 3. The molecule has 0 atom stereocenters. The summed E-state index contributed by atoms with van der Waals surface area (Å²) in [4.78, 5) is 27.1. The molecular formula is C20H23N3OS2. The van der Waals surface area contributed by atoms with E-state index in [9.17, 15) is 4.79 Å². The van der Waals surface area contributed by atoms with Crippen LogP contribution in [0.1, 0.15) is 59.0 Å². The summed E-state index contributed by atoms with van der Waals surface area (Å²) in [7, 11) is 0. The molecule has 3 heterocycles. The molecule has 0 amide bonds. The van der Waals surface area contributed by atoms with Crippen molar-refractivity contribution in [1.29, 1.82) is 0 Å². The van der Waals surface area contributed by atoms with Gasteiger partial charge in [0.05, 0.1) is 26.3 Å². The molecule has 6 heteroatoms. The van der Waals surface area contributed by atoms with E-state index in [1.54, 1.807) is 28.9 Å². The number of Topliss-reactive ketones (excluding diaryl/α,β-unsaturated/α-hetero) is 1. The number of carbonyl (C=O) groups excluding carboxylic acids is 1. The number of rotatable bonds is 5. The molecular weight excluding hydrogens is 362 g/mol. The topological polar surface area (TPSA) is 55.7 Å². The third-order valence-electron chi connectivity index (χ3n) is 3.86. The van der Waals surface area contributed by atoms with Crippen LogP contribution < -0.4 is 0 Å². The van der Waals surface area contributed by atoms with Crippen LogP contribution in [0.15, 0.2) is 23.7 Å². The minimum Gasteiger partial charge on any atom is -0.294 e. The lowest BCUT2D eigenvalue weighted by Gasteiger charge is -2.16. The van der Waals surface area contributed by atoms with Gasteiger partial charge in [-0.15, -0.1) is 22.7 Å². The van der Waals surface area contributed by atoms with E-state index >= 15 is 0 Å². The Balaban J connectivity index is 1.70. The molecule has 0 fully saturated rings. The SMILES string of the molecule is Cc1nc(C)c(-c2csc(Cc3ccc(C(=O)CC(C)(C)C)cn3)n2)s1. The molecule has 3 aromatic rings. The van der Waals surface area contributed by atoms with Crippen LogP contribution in [-0.4, -0.2) is 20.7 Å². The van der Waals surface area contributed by atoms with Crippen molar-refractivity contribution in [2.24, 2.45) is 5.41 Å². The van der Waals surface area contributed by atoms with Gasteiger partial charge in [-0.25, -0.2) is 9.97 Å². The highest BCUT2D eigenvalue weighted by Gasteiger charge is 2.18. The predicted molar refractivity (Wildman–Crippen MR) is 108 cm³/mol. The summed E-state index contributed by atoms with van der Waals surface area (Å²) >= 11 is 3.31. The largest absolute Gasteiger partial charge is 0.294 e. The van der Waals surface area contributed by atoms with Crippen molar-refractivity contribution in [3.05, 3.63) is 50.7 Å². The van der Waals surface area contributed by atoms with Crippen molar-refractivity contribution in [2.45, 2.75) is 47.5 Å². The van der Waals surface area contributed by atoms with Gasteiger partial charge in [-0.3, -0.25) is 9.78 Å². The van der Waals surface area contributed by atoms with Crippen LogP contribution in [0.2, 0.25) is 0 Å². The average molecular weight is 386 g/mol. The molecule has 0 bridgehead atoms. The van der Waals surface area contributed by atoms with Crippen LogP contribution >= 0.6 is 22.7 Å². The first-order valence-electron chi connectivity index (χ1n) is 8.58. The minimum absolute atomic E-state index is 0.0137. The van der Waals surface area contributed by atoms with Gasteiger partial charge in [-0.2, -0.15) is 0 Å². The summed E-state index contributed by atoms with van der Waals surface area (Å²) in [5.41, 5.74) is 3.61. The number of aromatic nitrogens is 3. The number of hydrogen-bond donors (Lipinski definition) is 0. The van der Waals surface area contributed by atoms with Gasteiger partial charge in [0.15, 0.2) is 5.78 Å². The second-order valence-corrected chi connectivity index (χ2v) is 9.80. The molecule has 3 aromatic heterocycles. The number of thiazole rings is 2. The van der Waals surface area contributed by atoms with E-state index in [-0.39, 0.29) is 11.2 Å². The summed E-state index contributed by atoms with van der Waals surface area (Å²) < 4.78 is 0. The Morgan fingerprint density at radius 1 is 1.15 bits per heavy atom. The van der Waals surface area contributed by atoms with Crippen molar-refractivity contribution in [3.63, 3.8) is 0 Å². The summed E-state index contributed by atoms with van der Waals surface area (Å²) in [6, 6.07) is 3.81. The number of pyridine rings is 1. The average Bonchev–Trinajstić information content (AvgIpc) is 3.12. The number of carbonyl (C=O) groups is 1. The quantitative estimate of drug-likeness (QED) is 0.545. The summed E-state index contributed by atoms with van der Waals surface area (Å²) in [5.74, 6) is 0.143. The molecule has 0 aromatic carbocycles. The number of ketones is 1. The van der Waals surface area contributed by atoms with E-state index in [0.29, 0.717) is 18.4 Å². The van der Waals surface area contributed by atoms with Gasteiger partial charge < -0.3 is 0 Å². The highest BCUT2D eigenvalue weighted by atomic mass is 32.1. The second-order valence-electron chi connectivity index (χ2n) is 7.65. The van der Waals surface area contributed by atoms with Crippen molar-refractivity contribution < 1.29 is 4.79 Å². The lowest BCUT2D eigenvalue weighted by atomic mass is 9.88. The molecule has 0 aliphatic carbocycles. The molecule has 4 nitrogen and oxygen atoms in total. The lowest BCUT2D eigenvalue weighted by Crippen LogP contribution is -2.13. The maximum Gasteiger partial charge on any atom is 0.164 e. The first-order chi connectivity index (χ1) is 12.2. The summed E-state index contributed by atoms with van der Waals surface area (Å²) in [5, 5.41) is 4.16. The fourth-order valence-corrected chi connectivity index (χ4v) is 4.45. The van der Waals surface area contributed by atoms with Gasteiger partial charge >= 0.3 is 0 Å². The van der Waals surface area contributed by atoms with Gasteiger partial charge in [0.1, 0.15) is 0 Å². The van der Waals surface area contributed by atoms with Crippen LogP contribution in [0.4, 0.5) is 0 Å². The standard InChI is InChI=1S/C20H23N3OS2/c1-12-19(26-13(2)22-12)16-11-25-18(23-16)8-15-7-6-14(10-21-15)17(24)9-20(3,4)5/h6-7,10-11H,8-9H2,1-5H3. The number of hydrogen-bond acceptors (Lipinski definition) is 6. The Morgan fingerprint density at radius 2 is 1.92 bits per heavy atom. The van der Waals surface area contributed by atoms with Gasteiger partial charge in [0.25, 0.3) is 0 Å². The van der Waals surface area contributed by atoms with Crippen molar-refractivity contribution in [1.82, 2.24) is 15.0 Å². The van der Waals surface area contributed by atoms with E-state index in [1.165, 1.54) is 0 Å². The Hall–Kier alpha value is -1.92. The molecule has 26 heavy (non-hydrogen) atoms. The number of aryl methyl sites for hydroxylation is 2. The zero-order valence-electron chi connectivity index (χ0n) is 15.8. The second kappa shape index (κ2) is 7.37. The molecule has 0 unspecified atom stereocenters. The molecule has 0 aliphatic heterocycles. The molecule has 0 saturated heterocycles. The monoisotopic (exact) mass is 385 g/mol. The van der Waals surface area contributed by atoms with Crippen LogP contribution in [0.3, 0.4) is 0 Å². The lowest BCUT2D eigenvalue weighted by molar-refractivity contribution is 0.0939. The normalized spacial score (nSPS) is 11.7. The minimum atomic E-state index is -0.0137. The zero-order chi connectivity index (χ0) is 18.9. The molecule has 0 N–H and O–H groups in total. The Labute approximate surface area is 162 Å². The van der Waals surface area contributed by atoms with E-state index in [0.717, 1.165) is 32.0 Å². The van der Waals surface area contributed by atoms with Crippen molar-refractivity contribution >= 4 is 28.5 Å². The summed E-state index contributed by atoms with van der Waals surface area (Å²) in [6.07, 6.45) is 2.89. The Kier molecular flexibility index (Phi) is 5.34. The first kappa shape index (κ1) is 18.9. The molecule has 0 saturated carbocycles. The maximum atomic E-state index is 12.3.